The number of carbonyl (C=O) groups excluding carboxylic acids is 1. The van der Waals surface area contributed by atoms with E-state index in [0.29, 0.717) is 28.6 Å². The van der Waals surface area contributed by atoms with Crippen molar-refractivity contribution in [3.8, 4) is 0 Å². The van der Waals surface area contributed by atoms with Crippen LogP contribution in [-0.4, -0.2) is 26.4 Å². The molecule has 1 saturated carbocycles. The van der Waals surface area contributed by atoms with E-state index in [0.717, 1.165) is 0 Å². The van der Waals surface area contributed by atoms with Crippen LogP contribution in [0.1, 0.15) is 18.4 Å². The number of benzene rings is 1. The van der Waals surface area contributed by atoms with Crippen LogP contribution in [0, 0.1) is 0 Å². The molecule has 1 aliphatic carbocycles. The van der Waals surface area contributed by atoms with Crippen LogP contribution in [0.3, 0.4) is 0 Å². The maximum absolute atomic E-state index is 12.4. The molecule has 20 heavy (non-hydrogen) atoms. The zero-order valence-electron chi connectivity index (χ0n) is 10.5. The van der Waals surface area contributed by atoms with Crippen molar-refractivity contribution in [2.75, 3.05) is 5.32 Å². The maximum atomic E-state index is 12.4. The lowest BCUT2D eigenvalue weighted by Gasteiger charge is -2.32. The van der Waals surface area contributed by atoms with Gasteiger partial charge in [0.05, 0.1) is 11.3 Å². The van der Waals surface area contributed by atoms with Gasteiger partial charge in [0, 0.05) is 22.2 Å². The first-order valence-electron chi connectivity index (χ1n) is 6.25. The van der Waals surface area contributed by atoms with Gasteiger partial charge >= 0.3 is 0 Å². The van der Waals surface area contributed by atoms with Gasteiger partial charge in [0.15, 0.2) is 0 Å². The zero-order valence-corrected chi connectivity index (χ0v) is 12.9. The van der Waals surface area contributed by atoms with Gasteiger partial charge in [-0.15, -0.1) is 0 Å². The summed E-state index contributed by atoms with van der Waals surface area (Å²) in [6.45, 7) is 0. The molecule has 8 heteroatoms. The predicted molar refractivity (Wildman–Crippen MR) is 77.8 cm³/mol. The molecule has 0 unspecified atom stereocenters. The summed E-state index contributed by atoms with van der Waals surface area (Å²) in [7, 11) is -3.61. The summed E-state index contributed by atoms with van der Waals surface area (Å²) in [6.07, 6.45) is 1.52. The minimum atomic E-state index is -3.61. The third-order valence-corrected chi connectivity index (χ3v) is 6.05. The highest BCUT2D eigenvalue weighted by atomic mass is 79.9. The summed E-state index contributed by atoms with van der Waals surface area (Å²) in [5.74, 6) is -0.126. The lowest BCUT2D eigenvalue weighted by molar-refractivity contribution is -0.115. The van der Waals surface area contributed by atoms with Crippen molar-refractivity contribution in [2.24, 2.45) is 5.73 Å². The van der Waals surface area contributed by atoms with Crippen LogP contribution in [0.25, 0.3) is 0 Å². The second kappa shape index (κ2) is 4.80. The molecule has 1 aromatic rings. The van der Waals surface area contributed by atoms with E-state index < -0.39 is 10.0 Å². The Kier molecular flexibility index (Phi) is 3.36. The first-order valence-corrected chi connectivity index (χ1v) is 8.53. The zero-order chi connectivity index (χ0) is 14.5. The van der Waals surface area contributed by atoms with E-state index in [1.807, 2.05) is 0 Å². The maximum Gasteiger partial charge on any atom is 0.241 e. The van der Waals surface area contributed by atoms with Gasteiger partial charge in [-0.2, -0.15) is 0 Å². The summed E-state index contributed by atoms with van der Waals surface area (Å²) >= 11 is 3.25. The first-order chi connectivity index (χ1) is 9.35. The predicted octanol–water partition coefficient (Wildman–Crippen LogP) is 0.712. The molecule has 1 amide bonds. The number of hydrogen-bond acceptors (Lipinski definition) is 4. The van der Waals surface area contributed by atoms with Gasteiger partial charge in [-0.25, -0.2) is 13.1 Å². The number of amides is 1. The van der Waals surface area contributed by atoms with Gasteiger partial charge in [-0.05, 0) is 46.5 Å². The molecular weight excluding hydrogens is 346 g/mol. The standard InChI is InChI=1S/C12H14BrN3O3S/c13-9-5-10-6(2-12(17)15-10)1-11(9)20(18,19)16-8-3-7(14)4-8/h1,5,7-8,16H,2-4,14H2,(H,15,17). The lowest BCUT2D eigenvalue weighted by Crippen LogP contribution is -2.50. The van der Waals surface area contributed by atoms with Gasteiger partial charge in [-0.3, -0.25) is 4.79 Å². The molecule has 0 bridgehead atoms. The van der Waals surface area contributed by atoms with Crippen molar-refractivity contribution < 1.29 is 13.2 Å². The Labute approximate surface area is 125 Å². The normalized spacial score (nSPS) is 25.0. The Hall–Kier alpha value is -0.960. The highest BCUT2D eigenvalue weighted by Crippen LogP contribution is 2.33. The monoisotopic (exact) mass is 359 g/mol. The molecule has 0 radical (unpaired) electrons. The summed E-state index contributed by atoms with van der Waals surface area (Å²) < 4.78 is 27.8. The summed E-state index contributed by atoms with van der Waals surface area (Å²) in [4.78, 5) is 11.5. The van der Waals surface area contributed by atoms with E-state index in [-0.39, 0.29) is 29.3 Å². The van der Waals surface area contributed by atoms with Crippen LogP contribution in [0.15, 0.2) is 21.5 Å². The number of sulfonamides is 1. The molecule has 4 N–H and O–H groups in total. The van der Waals surface area contributed by atoms with E-state index >= 15 is 0 Å². The SMILES string of the molecule is NC1CC(NS(=O)(=O)c2cc3c(cc2Br)NC(=O)C3)C1. The number of nitrogens with two attached hydrogens (primary N) is 1. The minimum Gasteiger partial charge on any atom is -0.328 e. The molecule has 1 aliphatic heterocycles. The van der Waals surface area contributed by atoms with Crippen molar-refractivity contribution in [1.29, 1.82) is 0 Å². The van der Waals surface area contributed by atoms with Gasteiger partial charge in [0.1, 0.15) is 0 Å². The number of anilines is 1. The Morgan fingerprint density at radius 2 is 2.05 bits per heavy atom. The van der Waals surface area contributed by atoms with Crippen LogP contribution in [0.2, 0.25) is 0 Å². The van der Waals surface area contributed by atoms with Gasteiger partial charge in [0.25, 0.3) is 0 Å². The minimum absolute atomic E-state index is 0.0768. The molecule has 3 rings (SSSR count). The molecule has 108 valence electrons. The molecule has 0 aromatic heterocycles. The lowest BCUT2D eigenvalue weighted by atomic mass is 9.89. The third-order valence-electron chi connectivity index (χ3n) is 3.57. The quantitative estimate of drug-likeness (QED) is 0.739. The van der Waals surface area contributed by atoms with Gasteiger partial charge in [0.2, 0.25) is 15.9 Å². The van der Waals surface area contributed by atoms with Crippen molar-refractivity contribution >= 4 is 37.5 Å². The topological polar surface area (TPSA) is 101 Å². The second-order valence-corrected chi connectivity index (χ2v) is 7.75. The number of nitrogens with one attached hydrogen (secondary N) is 2. The fraction of sp³-hybridized carbons (Fsp3) is 0.417. The van der Waals surface area contributed by atoms with Crippen molar-refractivity contribution in [1.82, 2.24) is 4.72 Å². The number of carbonyl (C=O) groups is 1. The van der Waals surface area contributed by atoms with Crippen molar-refractivity contribution in [3.63, 3.8) is 0 Å². The molecule has 0 spiro atoms. The average Bonchev–Trinajstić information content (AvgIpc) is 2.64. The van der Waals surface area contributed by atoms with Gasteiger partial charge in [-0.1, -0.05) is 0 Å². The van der Waals surface area contributed by atoms with E-state index in [4.69, 9.17) is 5.73 Å². The Bertz CT molecular complexity index is 683. The second-order valence-electron chi connectivity index (χ2n) is 5.21. The molecule has 0 saturated heterocycles. The highest BCUT2D eigenvalue weighted by molar-refractivity contribution is 9.10. The van der Waals surface area contributed by atoms with E-state index in [2.05, 4.69) is 26.0 Å². The first kappa shape index (κ1) is 14.0. The molecule has 6 nitrogen and oxygen atoms in total. The van der Waals surface area contributed by atoms with Gasteiger partial charge < -0.3 is 11.1 Å². The number of halogens is 1. The number of fused-ring (bicyclic) bond motifs is 1. The largest absolute Gasteiger partial charge is 0.328 e. The highest BCUT2D eigenvalue weighted by Gasteiger charge is 2.32. The molecular formula is C12H14BrN3O3S. The fourth-order valence-electron chi connectivity index (χ4n) is 2.47. The number of hydrogen-bond donors (Lipinski definition) is 3. The van der Waals surface area contributed by atoms with Crippen LogP contribution >= 0.6 is 15.9 Å². The summed E-state index contributed by atoms with van der Waals surface area (Å²) in [5.41, 5.74) is 7.01. The summed E-state index contributed by atoms with van der Waals surface area (Å²) in [6, 6.07) is 3.14. The molecule has 1 heterocycles. The molecule has 2 aliphatic rings. The molecule has 0 atom stereocenters. The van der Waals surface area contributed by atoms with E-state index in [9.17, 15) is 13.2 Å². The van der Waals surface area contributed by atoms with Crippen molar-refractivity contribution in [2.45, 2.75) is 36.2 Å². The number of rotatable bonds is 3. The summed E-state index contributed by atoms with van der Waals surface area (Å²) in [5, 5.41) is 2.69. The Morgan fingerprint density at radius 1 is 1.35 bits per heavy atom. The smallest absolute Gasteiger partial charge is 0.241 e. The molecule has 1 aromatic carbocycles. The fourth-order valence-corrected chi connectivity index (χ4v) is 4.83. The van der Waals surface area contributed by atoms with Crippen LogP contribution in [0.4, 0.5) is 5.69 Å². The van der Waals surface area contributed by atoms with E-state index in [1.54, 1.807) is 6.07 Å². The third kappa shape index (κ3) is 2.48. The van der Waals surface area contributed by atoms with Crippen LogP contribution in [0.5, 0.6) is 0 Å². The Morgan fingerprint density at radius 3 is 2.70 bits per heavy atom. The molecule has 1 fully saturated rings. The Balaban J connectivity index is 1.90. The van der Waals surface area contributed by atoms with Crippen molar-refractivity contribution in [3.05, 3.63) is 22.2 Å². The average molecular weight is 360 g/mol. The van der Waals surface area contributed by atoms with E-state index in [1.165, 1.54) is 6.07 Å². The van der Waals surface area contributed by atoms with Crippen LogP contribution < -0.4 is 15.8 Å². The van der Waals surface area contributed by atoms with Crippen LogP contribution in [-0.2, 0) is 21.2 Å².